The van der Waals surface area contributed by atoms with Gasteiger partial charge in [0, 0.05) is 29.4 Å². The zero-order valence-corrected chi connectivity index (χ0v) is 13.7. The summed E-state index contributed by atoms with van der Waals surface area (Å²) in [5.41, 5.74) is 0.745. The lowest BCUT2D eigenvalue weighted by Crippen LogP contribution is -2.37. The maximum atomic E-state index is 11.8. The molecular formula is C14H22ClNO2S. The van der Waals surface area contributed by atoms with E-state index >= 15 is 0 Å². The van der Waals surface area contributed by atoms with Crippen molar-refractivity contribution in [2.75, 3.05) is 6.26 Å². The van der Waals surface area contributed by atoms with Gasteiger partial charge in [-0.1, -0.05) is 38.4 Å². The molecule has 108 valence electrons. The van der Waals surface area contributed by atoms with E-state index in [1.54, 1.807) is 18.2 Å². The zero-order chi connectivity index (χ0) is 14.8. The lowest BCUT2D eigenvalue weighted by Gasteiger charge is -2.28. The maximum Gasteiger partial charge on any atom is 0.175 e. The van der Waals surface area contributed by atoms with Gasteiger partial charge in [-0.15, -0.1) is 0 Å². The standard InChI is InChI=1S/C14H22ClNO2S/c1-10(14(2,3)4)16-9-11-12(15)7-6-8-13(11)19(5,17)18/h6-8,10,16H,9H2,1-5H3. The molecule has 5 heteroatoms. The average molecular weight is 304 g/mol. The first-order valence-corrected chi connectivity index (χ1v) is 8.51. The molecule has 0 spiro atoms. The molecule has 1 rings (SSSR count). The summed E-state index contributed by atoms with van der Waals surface area (Å²) in [7, 11) is -3.26. The van der Waals surface area contributed by atoms with Crippen molar-refractivity contribution in [3.8, 4) is 0 Å². The summed E-state index contributed by atoms with van der Waals surface area (Å²) in [5.74, 6) is 0. The minimum Gasteiger partial charge on any atom is -0.310 e. The van der Waals surface area contributed by atoms with Crippen LogP contribution in [0.4, 0.5) is 0 Å². The Labute approximate surface area is 121 Å². The summed E-state index contributed by atoms with van der Waals surface area (Å²) in [4.78, 5) is 0.300. The predicted octanol–water partition coefficient (Wildman–Crippen LogP) is 3.27. The van der Waals surface area contributed by atoms with E-state index < -0.39 is 9.84 Å². The zero-order valence-electron chi connectivity index (χ0n) is 12.1. The third-order valence-electron chi connectivity index (χ3n) is 3.36. The molecule has 1 aromatic rings. The molecule has 1 aromatic carbocycles. The Bertz CT molecular complexity index is 547. The van der Waals surface area contributed by atoms with Crippen molar-refractivity contribution in [1.29, 1.82) is 0 Å². The molecule has 0 heterocycles. The highest BCUT2D eigenvalue weighted by atomic mass is 35.5. The van der Waals surface area contributed by atoms with Gasteiger partial charge in [-0.2, -0.15) is 0 Å². The van der Waals surface area contributed by atoms with Crippen molar-refractivity contribution in [2.45, 2.75) is 45.2 Å². The van der Waals surface area contributed by atoms with Gasteiger partial charge in [-0.3, -0.25) is 0 Å². The fourth-order valence-electron chi connectivity index (χ4n) is 1.62. The molecule has 0 radical (unpaired) electrons. The number of sulfone groups is 1. The number of hydrogen-bond donors (Lipinski definition) is 1. The van der Waals surface area contributed by atoms with E-state index in [-0.39, 0.29) is 11.5 Å². The van der Waals surface area contributed by atoms with Crippen molar-refractivity contribution in [1.82, 2.24) is 5.32 Å². The predicted molar refractivity (Wildman–Crippen MR) is 80.3 cm³/mol. The van der Waals surface area contributed by atoms with Gasteiger partial charge in [0.2, 0.25) is 0 Å². The minimum atomic E-state index is -3.26. The van der Waals surface area contributed by atoms with Crippen LogP contribution >= 0.6 is 11.6 Å². The summed E-state index contributed by atoms with van der Waals surface area (Å²) < 4.78 is 23.5. The van der Waals surface area contributed by atoms with Crippen LogP contribution in [-0.4, -0.2) is 20.7 Å². The highest BCUT2D eigenvalue weighted by molar-refractivity contribution is 7.90. The number of halogens is 1. The first kappa shape index (κ1) is 16.5. The molecule has 0 saturated carbocycles. The normalized spacial score (nSPS) is 14.4. The number of hydrogen-bond acceptors (Lipinski definition) is 3. The van der Waals surface area contributed by atoms with E-state index in [1.165, 1.54) is 6.26 Å². The van der Waals surface area contributed by atoms with E-state index in [2.05, 4.69) is 33.0 Å². The van der Waals surface area contributed by atoms with Crippen LogP contribution in [0.25, 0.3) is 0 Å². The monoisotopic (exact) mass is 303 g/mol. The highest BCUT2D eigenvalue weighted by Crippen LogP contribution is 2.25. The quantitative estimate of drug-likeness (QED) is 0.928. The molecule has 0 aromatic heterocycles. The molecule has 1 atom stereocenters. The van der Waals surface area contributed by atoms with Crippen LogP contribution in [0.2, 0.25) is 5.02 Å². The molecule has 0 aliphatic rings. The van der Waals surface area contributed by atoms with Crippen LogP contribution in [0.15, 0.2) is 23.1 Å². The van der Waals surface area contributed by atoms with Gasteiger partial charge in [0.15, 0.2) is 9.84 Å². The number of nitrogens with one attached hydrogen (secondary N) is 1. The molecule has 0 saturated heterocycles. The molecule has 1 unspecified atom stereocenters. The van der Waals surface area contributed by atoms with E-state index in [0.717, 1.165) is 0 Å². The summed E-state index contributed by atoms with van der Waals surface area (Å²) in [6.07, 6.45) is 1.20. The first-order valence-electron chi connectivity index (χ1n) is 6.24. The lowest BCUT2D eigenvalue weighted by atomic mass is 9.88. The van der Waals surface area contributed by atoms with Crippen molar-refractivity contribution < 1.29 is 8.42 Å². The van der Waals surface area contributed by atoms with Crippen molar-refractivity contribution in [2.24, 2.45) is 5.41 Å². The Hall–Kier alpha value is -0.580. The van der Waals surface area contributed by atoms with Gasteiger partial charge in [0.25, 0.3) is 0 Å². The van der Waals surface area contributed by atoms with Gasteiger partial charge in [0.1, 0.15) is 0 Å². The maximum absolute atomic E-state index is 11.8. The Kier molecular flexibility index (Phi) is 5.04. The van der Waals surface area contributed by atoms with Gasteiger partial charge < -0.3 is 5.32 Å². The SMILES string of the molecule is CC(NCc1c(Cl)cccc1S(C)(=O)=O)C(C)(C)C. The second kappa shape index (κ2) is 5.81. The van der Waals surface area contributed by atoms with E-state index in [4.69, 9.17) is 11.6 Å². The van der Waals surface area contributed by atoms with E-state index in [0.29, 0.717) is 22.0 Å². The molecule has 19 heavy (non-hydrogen) atoms. The Balaban J connectivity index is 3.02. The Morgan fingerprint density at radius 2 is 1.89 bits per heavy atom. The average Bonchev–Trinajstić information content (AvgIpc) is 2.24. The van der Waals surface area contributed by atoms with Crippen molar-refractivity contribution in [3.05, 3.63) is 28.8 Å². The molecule has 0 bridgehead atoms. The van der Waals surface area contributed by atoms with Crippen molar-refractivity contribution in [3.63, 3.8) is 0 Å². The van der Waals surface area contributed by atoms with Crippen LogP contribution in [0.3, 0.4) is 0 Å². The topological polar surface area (TPSA) is 46.2 Å². The largest absolute Gasteiger partial charge is 0.310 e. The van der Waals surface area contributed by atoms with E-state index in [1.807, 2.05) is 0 Å². The molecule has 1 N–H and O–H groups in total. The second-order valence-electron chi connectivity index (χ2n) is 5.96. The second-order valence-corrected chi connectivity index (χ2v) is 8.35. The van der Waals surface area contributed by atoms with Gasteiger partial charge in [-0.05, 0) is 24.5 Å². The Morgan fingerprint density at radius 3 is 2.37 bits per heavy atom. The van der Waals surface area contributed by atoms with Crippen LogP contribution in [0.1, 0.15) is 33.3 Å². The molecule has 0 amide bonds. The van der Waals surface area contributed by atoms with Crippen LogP contribution in [0.5, 0.6) is 0 Å². The summed E-state index contributed by atoms with van der Waals surface area (Å²) >= 11 is 6.13. The minimum absolute atomic E-state index is 0.104. The lowest BCUT2D eigenvalue weighted by molar-refractivity contribution is 0.284. The first-order chi connectivity index (χ1) is 8.53. The smallest absolute Gasteiger partial charge is 0.175 e. The van der Waals surface area contributed by atoms with Crippen LogP contribution < -0.4 is 5.32 Å². The fraction of sp³-hybridized carbons (Fsp3) is 0.571. The number of benzene rings is 1. The van der Waals surface area contributed by atoms with Gasteiger partial charge >= 0.3 is 0 Å². The fourth-order valence-corrected chi connectivity index (χ4v) is 2.87. The third kappa shape index (κ3) is 4.48. The Morgan fingerprint density at radius 1 is 1.32 bits per heavy atom. The summed E-state index contributed by atoms with van der Waals surface area (Å²) in [6, 6.07) is 5.22. The highest BCUT2D eigenvalue weighted by Gasteiger charge is 2.21. The van der Waals surface area contributed by atoms with Crippen molar-refractivity contribution >= 4 is 21.4 Å². The van der Waals surface area contributed by atoms with Crippen LogP contribution in [0, 0.1) is 5.41 Å². The summed E-state index contributed by atoms with van der Waals surface area (Å²) in [5, 5.41) is 3.83. The molecule has 0 aliphatic heterocycles. The molecule has 0 fully saturated rings. The van der Waals surface area contributed by atoms with Gasteiger partial charge in [-0.25, -0.2) is 8.42 Å². The third-order valence-corrected chi connectivity index (χ3v) is 4.89. The summed E-state index contributed by atoms with van der Waals surface area (Å²) in [6.45, 7) is 8.93. The van der Waals surface area contributed by atoms with E-state index in [9.17, 15) is 8.42 Å². The van der Waals surface area contributed by atoms with Gasteiger partial charge in [0.05, 0.1) is 4.90 Å². The van der Waals surface area contributed by atoms with Crippen LogP contribution in [-0.2, 0) is 16.4 Å². The molecule has 0 aliphatic carbocycles. The molecule has 3 nitrogen and oxygen atoms in total. The number of rotatable bonds is 4. The molecular weight excluding hydrogens is 282 g/mol.